The summed E-state index contributed by atoms with van der Waals surface area (Å²) in [5.41, 5.74) is 2.25. The van der Waals surface area contributed by atoms with Gasteiger partial charge in [-0.25, -0.2) is 9.97 Å². The summed E-state index contributed by atoms with van der Waals surface area (Å²) in [5.74, 6) is 0.557. The maximum atomic E-state index is 12.4. The minimum absolute atomic E-state index is 0.0457. The van der Waals surface area contributed by atoms with E-state index in [0.29, 0.717) is 22.6 Å². The van der Waals surface area contributed by atoms with E-state index in [0.717, 1.165) is 24.2 Å². The molecule has 0 unspecified atom stereocenters. The molecule has 0 saturated heterocycles. The van der Waals surface area contributed by atoms with Crippen molar-refractivity contribution in [3.8, 4) is 11.4 Å². The van der Waals surface area contributed by atoms with Crippen LogP contribution in [0.15, 0.2) is 48.1 Å². The summed E-state index contributed by atoms with van der Waals surface area (Å²) in [6.45, 7) is 0. The summed E-state index contributed by atoms with van der Waals surface area (Å²) in [7, 11) is 0. The molecule has 2 N–H and O–H groups in total. The van der Waals surface area contributed by atoms with Crippen LogP contribution in [0.3, 0.4) is 0 Å². The van der Waals surface area contributed by atoms with Gasteiger partial charge in [-0.05, 0) is 37.1 Å². The number of aromatic nitrogens is 3. The minimum atomic E-state index is -0.0457. The summed E-state index contributed by atoms with van der Waals surface area (Å²) < 4.78 is 0. The Kier molecular flexibility index (Phi) is 4.88. The highest BCUT2D eigenvalue weighted by Gasteiger charge is 2.18. The average Bonchev–Trinajstić information content (AvgIpc) is 3.35. The Bertz CT molecular complexity index is 890. The molecule has 132 valence electrons. The molecule has 0 aromatic carbocycles. The lowest BCUT2D eigenvalue weighted by molar-refractivity contribution is 0.0938. The van der Waals surface area contributed by atoms with Crippen LogP contribution in [-0.4, -0.2) is 26.9 Å². The third-order valence-electron chi connectivity index (χ3n) is 4.38. The number of pyridine rings is 2. The molecule has 0 aliphatic heterocycles. The van der Waals surface area contributed by atoms with Crippen LogP contribution in [0.5, 0.6) is 0 Å². The van der Waals surface area contributed by atoms with Crippen LogP contribution in [0.4, 0.5) is 10.9 Å². The lowest BCUT2D eigenvalue weighted by Gasteiger charge is -2.12. The first kappa shape index (κ1) is 16.7. The van der Waals surface area contributed by atoms with Gasteiger partial charge in [0, 0.05) is 29.4 Å². The first-order valence-electron chi connectivity index (χ1n) is 8.69. The molecule has 1 fully saturated rings. The Balaban J connectivity index is 1.45. The van der Waals surface area contributed by atoms with Crippen LogP contribution in [0, 0.1) is 0 Å². The Morgan fingerprint density at radius 1 is 1.08 bits per heavy atom. The molecule has 6 nitrogen and oxygen atoms in total. The topological polar surface area (TPSA) is 79.8 Å². The Labute approximate surface area is 155 Å². The van der Waals surface area contributed by atoms with Gasteiger partial charge in [-0.3, -0.25) is 9.78 Å². The minimum Gasteiger partial charge on any atom is -0.349 e. The zero-order valence-corrected chi connectivity index (χ0v) is 15.0. The number of anilines is 2. The molecule has 3 heterocycles. The van der Waals surface area contributed by atoms with Crippen molar-refractivity contribution in [2.45, 2.75) is 31.7 Å². The highest BCUT2D eigenvalue weighted by Crippen LogP contribution is 2.25. The van der Waals surface area contributed by atoms with Gasteiger partial charge in [-0.2, -0.15) is 0 Å². The number of amides is 1. The van der Waals surface area contributed by atoms with Crippen molar-refractivity contribution in [3.05, 3.63) is 53.7 Å². The van der Waals surface area contributed by atoms with Gasteiger partial charge in [-0.1, -0.05) is 18.9 Å². The maximum absolute atomic E-state index is 12.4. The molecule has 0 radical (unpaired) electrons. The van der Waals surface area contributed by atoms with Gasteiger partial charge in [0.25, 0.3) is 5.91 Å². The number of thiazole rings is 1. The number of rotatable bonds is 5. The second kappa shape index (κ2) is 7.61. The zero-order valence-electron chi connectivity index (χ0n) is 14.2. The molecule has 1 aliphatic carbocycles. The zero-order chi connectivity index (χ0) is 17.8. The first-order chi connectivity index (χ1) is 12.8. The third-order valence-corrected chi connectivity index (χ3v) is 5.14. The second-order valence-corrected chi connectivity index (χ2v) is 7.12. The van der Waals surface area contributed by atoms with Gasteiger partial charge in [0.05, 0.1) is 5.69 Å². The van der Waals surface area contributed by atoms with E-state index in [1.165, 1.54) is 24.2 Å². The first-order valence-corrected chi connectivity index (χ1v) is 9.57. The van der Waals surface area contributed by atoms with Crippen molar-refractivity contribution in [2.75, 3.05) is 5.32 Å². The van der Waals surface area contributed by atoms with E-state index in [1.807, 2.05) is 23.6 Å². The Hall–Kier alpha value is -2.80. The van der Waals surface area contributed by atoms with Crippen LogP contribution in [-0.2, 0) is 0 Å². The monoisotopic (exact) mass is 365 g/mol. The highest BCUT2D eigenvalue weighted by molar-refractivity contribution is 7.14. The van der Waals surface area contributed by atoms with Crippen molar-refractivity contribution >= 4 is 28.2 Å². The van der Waals surface area contributed by atoms with E-state index >= 15 is 0 Å². The number of carbonyl (C=O) groups is 1. The van der Waals surface area contributed by atoms with Crippen LogP contribution < -0.4 is 10.6 Å². The van der Waals surface area contributed by atoms with Gasteiger partial charge in [-0.15, -0.1) is 11.3 Å². The molecular formula is C19H19N5OS. The van der Waals surface area contributed by atoms with Crippen LogP contribution in [0.2, 0.25) is 0 Å². The van der Waals surface area contributed by atoms with E-state index in [9.17, 15) is 4.79 Å². The van der Waals surface area contributed by atoms with Gasteiger partial charge in [0.2, 0.25) is 0 Å². The van der Waals surface area contributed by atoms with Crippen molar-refractivity contribution in [1.82, 2.24) is 20.3 Å². The lowest BCUT2D eigenvalue weighted by Crippen LogP contribution is -2.32. The van der Waals surface area contributed by atoms with Crippen molar-refractivity contribution in [2.24, 2.45) is 0 Å². The molecule has 1 amide bonds. The van der Waals surface area contributed by atoms with Crippen molar-refractivity contribution in [1.29, 1.82) is 0 Å². The lowest BCUT2D eigenvalue weighted by atomic mass is 10.2. The smallest absolute Gasteiger partial charge is 0.251 e. The van der Waals surface area contributed by atoms with E-state index in [-0.39, 0.29) is 5.91 Å². The fourth-order valence-electron chi connectivity index (χ4n) is 3.05. The molecule has 3 aromatic rings. The molecule has 4 rings (SSSR count). The summed E-state index contributed by atoms with van der Waals surface area (Å²) >= 11 is 1.48. The summed E-state index contributed by atoms with van der Waals surface area (Å²) in [4.78, 5) is 25.5. The largest absolute Gasteiger partial charge is 0.349 e. The number of hydrogen-bond acceptors (Lipinski definition) is 6. The number of nitrogens with one attached hydrogen (secondary N) is 2. The molecule has 3 aromatic heterocycles. The number of nitrogens with zero attached hydrogens (tertiary/aromatic N) is 3. The van der Waals surface area contributed by atoms with Crippen LogP contribution >= 0.6 is 11.3 Å². The normalized spacial score (nSPS) is 14.3. The molecular weight excluding hydrogens is 346 g/mol. The van der Waals surface area contributed by atoms with Gasteiger partial charge in [0.15, 0.2) is 5.13 Å². The van der Waals surface area contributed by atoms with Crippen LogP contribution in [0.1, 0.15) is 36.0 Å². The summed E-state index contributed by atoms with van der Waals surface area (Å²) in [6, 6.07) is 9.52. The van der Waals surface area contributed by atoms with Crippen LogP contribution in [0.25, 0.3) is 11.4 Å². The van der Waals surface area contributed by atoms with E-state index in [1.54, 1.807) is 24.5 Å². The highest BCUT2D eigenvalue weighted by atomic mass is 32.1. The molecule has 0 atom stereocenters. The SMILES string of the molecule is O=C(NC1CCCC1)c1ccnc(Nc2nc(-c3ccccn3)cs2)c1. The van der Waals surface area contributed by atoms with Crippen molar-refractivity contribution in [3.63, 3.8) is 0 Å². The fraction of sp³-hybridized carbons (Fsp3) is 0.263. The maximum Gasteiger partial charge on any atom is 0.251 e. The van der Waals surface area contributed by atoms with Crippen molar-refractivity contribution < 1.29 is 4.79 Å². The average molecular weight is 365 g/mol. The van der Waals surface area contributed by atoms with Gasteiger partial charge >= 0.3 is 0 Å². The van der Waals surface area contributed by atoms with Gasteiger partial charge in [0.1, 0.15) is 11.5 Å². The summed E-state index contributed by atoms with van der Waals surface area (Å²) in [6.07, 6.45) is 7.90. The number of hydrogen-bond donors (Lipinski definition) is 2. The quantitative estimate of drug-likeness (QED) is 0.714. The Morgan fingerprint density at radius 3 is 2.77 bits per heavy atom. The van der Waals surface area contributed by atoms with E-state index in [2.05, 4.69) is 25.6 Å². The van der Waals surface area contributed by atoms with Gasteiger partial charge < -0.3 is 10.6 Å². The fourth-order valence-corrected chi connectivity index (χ4v) is 3.76. The standard InChI is InChI=1S/C19H19N5OS/c25-18(22-14-5-1-2-6-14)13-8-10-21-17(11-13)24-19-23-16(12-26-19)15-7-3-4-9-20-15/h3-4,7-12,14H,1-2,5-6H2,(H,22,25)(H,21,23,24). The summed E-state index contributed by atoms with van der Waals surface area (Å²) in [5, 5.41) is 8.93. The van der Waals surface area contributed by atoms with E-state index in [4.69, 9.17) is 0 Å². The molecule has 7 heteroatoms. The van der Waals surface area contributed by atoms with E-state index < -0.39 is 0 Å². The predicted octanol–water partition coefficient (Wildman–Crippen LogP) is 4.02. The molecule has 0 spiro atoms. The predicted molar refractivity (Wildman–Crippen MR) is 103 cm³/mol. The Morgan fingerprint density at radius 2 is 1.96 bits per heavy atom. The third kappa shape index (κ3) is 3.88. The molecule has 1 saturated carbocycles. The molecule has 1 aliphatic rings. The molecule has 26 heavy (non-hydrogen) atoms. The molecule has 0 bridgehead atoms. The number of carbonyl (C=O) groups excluding carboxylic acids is 1. The second-order valence-electron chi connectivity index (χ2n) is 6.26.